The van der Waals surface area contributed by atoms with E-state index in [1.54, 1.807) is 31.5 Å². The topological polar surface area (TPSA) is 115 Å². The van der Waals surface area contributed by atoms with Crippen molar-refractivity contribution in [2.45, 2.75) is 6.92 Å². The lowest BCUT2D eigenvalue weighted by Gasteiger charge is -2.29. The normalized spacial score (nSPS) is 13.6. The number of hydrogen-bond acceptors (Lipinski definition) is 9. The molecule has 0 bridgehead atoms. The van der Waals surface area contributed by atoms with Gasteiger partial charge >= 0.3 is 5.97 Å². The zero-order valence-corrected chi connectivity index (χ0v) is 17.5. The van der Waals surface area contributed by atoms with E-state index in [0.717, 1.165) is 0 Å². The Bertz CT molecular complexity index is 1100. The molecule has 4 rings (SSSR count). The molecule has 10 heteroatoms. The smallest absolute Gasteiger partial charge is 0.339 e. The number of hydrogen-bond donors (Lipinski definition) is 2. The molecule has 0 unspecified atom stereocenters. The van der Waals surface area contributed by atoms with Gasteiger partial charge in [-0.25, -0.2) is 14.2 Å². The number of anilines is 4. The molecule has 0 atom stereocenters. The number of esters is 1. The molecular weight excluding hydrogens is 415 g/mol. The van der Waals surface area contributed by atoms with Crippen LogP contribution in [0.5, 0.6) is 0 Å². The van der Waals surface area contributed by atoms with Crippen LogP contribution in [0.15, 0.2) is 42.9 Å². The summed E-state index contributed by atoms with van der Waals surface area (Å²) in [7, 11) is 0. The minimum absolute atomic E-state index is 0.274. The van der Waals surface area contributed by atoms with Gasteiger partial charge in [0.15, 0.2) is 0 Å². The van der Waals surface area contributed by atoms with E-state index in [0.29, 0.717) is 60.2 Å². The van der Waals surface area contributed by atoms with Gasteiger partial charge in [0.25, 0.3) is 0 Å². The third-order valence-corrected chi connectivity index (χ3v) is 4.82. The number of rotatable bonds is 6. The number of carbonyl (C=O) groups excluding carboxylic acids is 1. The van der Waals surface area contributed by atoms with Gasteiger partial charge < -0.3 is 25.4 Å². The second-order valence-electron chi connectivity index (χ2n) is 7.11. The Morgan fingerprint density at radius 2 is 2.03 bits per heavy atom. The van der Waals surface area contributed by atoms with Crippen LogP contribution in [-0.4, -0.2) is 53.8 Å². The van der Waals surface area contributed by atoms with Crippen molar-refractivity contribution in [3.8, 4) is 11.1 Å². The van der Waals surface area contributed by atoms with Crippen LogP contribution in [0.1, 0.15) is 17.3 Å². The van der Waals surface area contributed by atoms with Gasteiger partial charge in [-0.15, -0.1) is 0 Å². The minimum atomic E-state index is -0.459. The molecule has 0 aliphatic carbocycles. The second-order valence-corrected chi connectivity index (χ2v) is 7.11. The summed E-state index contributed by atoms with van der Waals surface area (Å²) in [6.45, 7) is 4.43. The first kappa shape index (κ1) is 21.4. The quantitative estimate of drug-likeness (QED) is 0.442. The van der Waals surface area contributed by atoms with Crippen molar-refractivity contribution >= 4 is 29.1 Å². The summed E-state index contributed by atoms with van der Waals surface area (Å²) in [6, 6.07) is 5.85. The van der Waals surface area contributed by atoms with E-state index in [-0.39, 0.29) is 12.6 Å². The van der Waals surface area contributed by atoms with Crippen LogP contribution in [-0.2, 0) is 9.47 Å². The summed E-state index contributed by atoms with van der Waals surface area (Å²) in [4.78, 5) is 27.5. The van der Waals surface area contributed by atoms with Crippen LogP contribution in [0.4, 0.5) is 27.5 Å². The molecule has 2 aromatic heterocycles. The van der Waals surface area contributed by atoms with Crippen molar-refractivity contribution in [1.82, 2.24) is 15.0 Å². The summed E-state index contributed by atoms with van der Waals surface area (Å²) in [5.74, 6) is 0.0322. The third kappa shape index (κ3) is 4.92. The molecule has 32 heavy (non-hydrogen) atoms. The molecule has 9 nitrogen and oxygen atoms in total. The van der Waals surface area contributed by atoms with E-state index in [9.17, 15) is 9.18 Å². The average Bonchev–Trinajstić information content (AvgIpc) is 2.79. The number of nitrogen functional groups attached to an aromatic ring is 1. The molecule has 1 aromatic carbocycles. The Morgan fingerprint density at radius 1 is 1.22 bits per heavy atom. The van der Waals surface area contributed by atoms with Crippen molar-refractivity contribution < 1.29 is 18.7 Å². The van der Waals surface area contributed by atoms with E-state index >= 15 is 0 Å². The Hall–Kier alpha value is -3.79. The second kappa shape index (κ2) is 9.56. The molecule has 1 aliphatic heterocycles. The number of nitrogens with one attached hydrogen (secondary N) is 1. The highest BCUT2D eigenvalue weighted by molar-refractivity contribution is 5.91. The minimum Gasteiger partial charge on any atom is -0.462 e. The maximum absolute atomic E-state index is 13.7. The highest BCUT2D eigenvalue weighted by Gasteiger charge is 2.20. The first-order valence-corrected chi connectivity index (χ1v) is 10.2. The van der Waals surface area contributed by atoms with Crippen molar-refractivity contribution in [2.75, 3.05) is 48.9 Å². The van der Waals surface area contributed by atoms with Gasteiger partial charge in [0.05, 0.1) is 25.4 Å². The number of ether oxygens (including phenoxy) is 2. The number of nitrogens with two attached hydrogens (primary N) is 1. The molecule has 3 N–H and O–H groups in total. The van der Waals surface area contributed by atoms with Crippen LogP contribution in [0.25, 0.3) is 11.1 Å². The molecule has 0 amide bonds. The first-order valence-electron chi connectivity index (χ1n) is 10.2. The predicted octanol–water partition coefficient (Wildman–Crippen LogP) is 3.02. The Kier molecular flexibility index (Phi) is 6.41. The lowest BCUT2D eigenvalue weighted by atomic mass is 10.1. The molecule has 0 radical (unpaired) electrons. The van der Waals surface area contributed by atoms with E-state index < -0.39 is 11.8 Å². The first-order chi connectivity index (χ1) is 15.5. The van der Waals surface area contributed by atoms with Crippen molar-refractivity contribution in [2.24, 2.45) is 0 Å². The molecule has 1 saturated heterocycles. The summed E-state index contributed by atoms with van der Waals surface area (Å²) in [6.07, 6.45) is 4.75. The van der Waals surface area contributed by atoms with E-state index in [1.807, 2.05) is 0 Å². The van der Waals surface area contributed by atoms with Gasteiger partial charge in [-0.05, 0) is 31.2 Å². The fourth-order valence-electron chi connectivity index (χ4n) is 3.38. The van der Waals surface area contributed by atoms with E-state index in [1.165, 1.54) is 18.3 Å². The van der Waals surface area contributed by atoms with Crippen molar-refractivity contribution in [1.29, 1.82) is 0 Å². The monoisotopic (exact) mass is 438 g/mol. The zero-order valence-electron chi connectivity index (χ0n) is 17.5. The maximum atomic E-state index is 13.7. The predicted molar refractivity (Wildman–Crippen MR) is 118 cm³/mol. The highest BCUT2D eigenvalue weighted by atomic mass is 19.1. The molecule has 0 saturated carbocycles. The molecule has 166 valence electrons. The molecular formula is C22H23FN6O3. The number of carbonyl (C=O) groups is 1. The lowest BCUT2D eigenvalue weighted by molar-refractivity contribution is 0.0526. The third-order valence-electron chi connectivity index (χ3n) is 4.82. The van der Waals surface area contributed by atoms with Gasteiger partial charge in [0, 0.05) is 54.2 Å². The standard InChI is InChI=1S/C22H23FN6O3/c1-2-32-21(30)15-7-14(11-25-12-15)19-13-26-22(27-18-9-16(23)8-17(24)10-18)28-20(19)29-3-5-31-6-4-29/h7-13H,2-6,24H2,1H3,(H,26,27,28). The summed E-state index contributed by atoms with van der Waals surface area (Å²) in [5, 5.41) is 3.00. The van der Waals surface area contributed by atoms with Crippen LogP contribution >= 0.6 is 0 Å². The number of benzene rings is 1. The summed E-state index contributed by atoms with van der Waals surface area (Å²) in [5.41, 5.74) is 8.19. The summed E-state index contributed by atoms with van der Waals surface area (Å²) >= 11 is 0. The number of aromatic nitrogens is 3. The van der Waals surface area contributed by atoms with Crippen LogP contribution in [0.3, 0.4) is 0 Å². The van der Waals surface area contributed by atoms with Gasteiger partial charge in [0.1, 0.15) is 11.6 Å². The van der Waals surface area contributed by atoms with Gasteiger partial charge in [-0.2, -0.15) is 4.98 Å². The van der Waals surface area contributed by atoms with Crippen molar-refractivity contribution in [3.63, 3.8) is 0 Å². The van der Waals surface area contributed by atoms with Crippen LogP contribution in [0.2, 0.25) is 0 Å². The highest BCUT2D eigenvalue weighted by Crippen LogP contribution is 2.31. The maximum Gasteiger partial charge on any atom is 0.339 e. The lowest BCUT2D eigenvalue weighted by Crippen LogP contribution is -2.37. The zero-order chi connectivity index (χ0) is 22.5. The molecule has 1 fully saturated rings. The average molecular weight is 438 g/mol. The Morgan fingerprint density at radius 3 is 2.78 bits per heavy atom. The molecule has 3 aromatic rings. The van der Waals surface area contributed by atoms with Gasteiger partial charge in [-0.3, -0.25) is 4.98 Å². The van der Waals surface area contributed by atoms with Crippen LogP contribution in [0, 0.1) is 5.82 Å². The molecule has 0 spiro atoms. The SMILES string of the molecule is CCOC(=O)c1cncc(-c2cnc(Nc3cc(N)cc(F)c3)nc2N2CCOCC2)c1. The largest absolute Gasteiger partial charge is 0.462 e. The Balaban J connectivity index is 1.72. The van der Waals surface area contributed by atoms with E-state index in [2.05, 4.69) is 25.2 Å². The van der Waals surface area contributed by atoms with Gasteiger partial charge in [0.2, 0.25) is 5.95 Å². The fraction of sp³-hybridized carbons (Fsp3) is 0.273. The van der Waals surface area contributed by atoms with Crippen LogP contribution < -0.4 is 16.0 Å². The summed E-state index contributed by atoms with van der Waals surface area (Å²) < 4.78 is 24.3. The number of nitrogens with zero attached hydrogens (tertiary/aromatic N) is 4. The molecule has 1 aliphatic rings. The number of morpholine rings is 1. The fourth-order valence-corrected chi connectivity index (χ4v) is 3.38. The number of pyridine rings is 1. The van der Waals surface area contributed by atoms with E-state index in [4.69, 9.17) is 15.2 Å². The molecule has 3 heterocycles. The number of halogens is 1. The van der Waals surface area contributed by atoms with Crippen molar-refractivity contribution in [3.05, 3.63) is 54.2 Å². The van der Waals surface area contributed by atoms with Gasteiger partial charge in [-0.1, -0.05) is 0 Å². The Labute approximate surface area is 184 Å².